The van der Waals surface area contributed by atoms with E-state index in [4.69, 9.17) is 9.47 Å². The number of nitrogens with one attached hydrogen (secondary N) is 1. The van der Waals surface area contributed by atoms with Crippen LogP contribution in [0.2, 0.25) is 0 Å². The van der Waals surface area contributed by atoms with Crippen molar-refractivity contribution in [3.63, 3.8) is 0 Å². The lowest BCUT2D eigenvalue weighted by Gasteiger charge is -2.20. The highest BCUT2D eigenvalue weighted by Gasteiger charge is 2.17. The zero-order valence-corrected chi connectivity index (χ0v) is 23.8. The molecule has 1 N–H and O–H groups in total. The molecular weight excluding hydrogens is 502 g/mol. The minimum absolute atomic E-state index is 0.714. The van der Waals surface area contributed by atoms with E-state index >= 15 is 0 Å². The van der Waals surface area contributed by atoms with E-state index in [1.807, 2.05) is 0 Å². The summed E-state index contributed by atoms with van der Waals surface area (Å²) in [5.74, 6) is 1.88. The Hall–Kier alpha value is -3.06. The molecule has 0 radical (unpaired) electrons. The van der Waals surface area contributed by atoms with Crippen molar-refractivity contribution in [2.75, 3.05) is 57.8 Å². The van der Waals surface area contributed by atoms with E-state index < -0.39 is 0 Å². The number of hydrogen-bond acceptors (Lipinski definition) is 6. The van der Waals surface area contributed by atoms with Gasteiger partial charge in [0.15, 0.2) is 0 Å². The highest BCUT2D eigenvalue weighted by molar-refractivity contribution is 7.17. The van der Waals surface area contributed by atoms with Crippen molar-refractivity contribution in [2.45, 2.75) is 32.6 Å². The van der Waals surface area contributed by atoms with Crippen LogP contribution in [0.15, 0.2) is 66.0 Å². The van der Waals surface area contributed by atoms with E-state index in [9.17, 15) is 0 Å². The molecule has 0 aliphatic carbocycles. The van der Waals surface area contributed by atoms with Crippen molar-refractivity contribution < 1.29 is 9.47 Å². The largest absolute Gasteiger partial charge is 0.492 e. The van der Waals surface area contributed by atoms with Gasteiger partial charge in [-0.3, -0.25) is 9.80 Å². The van der Waals surface area contributed by atoms with Gasteiger partial charge >= 0.3 is 0 Å². The van der Waals surface area contributed by atoms with Crippen LogP contribution in [0.1, 0.15) is 31.2 Å². The van der Waals surface area contributed by atoms with Crippen molar-refractivity contribution in [3.05, 3.63) is 71.6 Å². The van der Waals surface area contributed by atoms with Crippen LogP contribution in [0, 0.1) is 6.92 Å². The average Bonchev–Trinajstić information content (AvgIpc) is 3.74. The fourth-order valence-electron chi connectivity index (χ4n) is 5.85. The molecule has 204 valence electrons. The van der Waals surface area contributed by atoms with E-state index in [0.717, 1.165) is 53.7 Å². The van der Waals surface area contributed by atoms with E-state index in [0.29, 0.717) is 6.61 Å². The monoisotopic (exact) mass is 541 g/mol. The third-order valence-electron chi connectivity index (χ3n) is 8.05. The zero-order valence-electron chi connectivity index (χ0n) is 23.0. The number of fused-ring (bicyclic) bond motifs is 1. The molecule has 2 aliphatic rings. The summed E-state index contributed by atoms with van der Waals surface area (Å²) in [6, 6.07) is 21.4. The van der Waals surface area contributed by atoms with E-state index in [2.05, 4.69) is 88.1 Å². The summed E-state index contributed by atoms with van der Waals surface area (Å²) in [6.45, 7) is 10.4. The molecule has 6 heteroatoms. The Morgan fingerprint density at radius 2 is 1.41 bits per heavy atom. The summed E-state index contributed by atoms with van der Waals surface area (Å²) in [5.41, 5.74) is 5.72. The van der Waals surface area contributed by atoms with Gasteiger partial charge in [0, 0.05) is 45.4 Å². The van der Waals surface area contributed by atoms with Crippen molar-refractivity contribution in [2.24, 2.45) is 0 Å². The Bertz CT molecular complexity index is 1370. The van der Waals surface area contributed by atoms with Gasteiger partial charge in [-0.15, -0.1) is 11.3 Å². The number of hydrogen-bond donors (Lipinski definition) is 1. The minimum atomic E-state index is 0.714. The summed E-state index contributed by atoms with van der Waals surface area (Å²) in [6.07, 6.45) is 5.23. The lowest BCUT2D eigenvalue weighted by atomic mass is 9.97. The molecule has 3 heterocycles. The highest BCUT2D eigenvalue weighted by Crippen LogP contribution is 2.41. The normalized spacial score (nSPS) is 16.2. The second-order valence-corrected chi connectivity index (χ2v) is 11.6. The molecule has 0 saturated carbocycles. The summed E-state index contributed by atoms with van der Waals surface area (Å²) in [5, 5.41) is 7.21. The second-order valence-electron chi connectivity index (χ2n) is 10.7. The summed E-state index contributed by atoms with van der Waals surface area (Å²) < 4.78 is 13.7. The van der Waals surface area contributed by atoms with Gasteiger partial charge in [-0.1, -0.05) is 30.3 Å². The van der Waals surface area contributed by atoms with Gasteiger partial charge in [0.1, 0.15) is 24.7 Å². The molecule has 3 aromatic carbocycles. The molecule has 1 aromatic heterocycles. The third-order valence-corrected chi connectivity index (χ3v) is 9.01. The number of likely N-dealkylation sites (tertiary alicyclic amines) is 2. The molecule has 4 aromatic rings. The van der Waals surface area contributed by atoms with Gasteiger partial charge < -0.3 is 14.8 Å². The van der Waals surface area contributed by atoms with Crippen molar-refractivity contribution in [1.82, 2.24) is 9.80 Å². The molecule has 2 saturated heterocycles. The molecule has 5 nitrogen and oxygen atoms in total. The highest BCUT2D eigenvalue weighted by atomic mass is 32.1. The van der Waals surface area contributed by atoms with Crippen LogP contribution < -0.4 is 14.8 Å². The minimum Gasteiger partial charge on any atom is -0.492 e. The maximum absolute atomic E-state index is 6.35. The van der Waals surface area contributed by atoms with Gasteiger partial charge in [0.25, 0.3) is 0 Å². The van der Waals surface area contributed by atoms with Crippen LogP contribution >= 0.6 is 11.3 Å². The maximum atomic E-state index is 6.35. The number of thiophene rings is 1. The number of ether oxygens (including phenoxy) is 2. The predicted molar refractivity (Wildman–Crippen MR) is 164 cm³/mol. The first-order chi connectivity index (χ1) is 19.2. The quantitative estimate of drug-likeness (QED) is 0.212. The van der Waals surface area contributed by atoms with Crippen LogP contribution in [0.25, 0.3) is 21.2 Å². The van der Waals surface area contributed by atoms with Crippen LogP contribution in [-0.4, -0.2) is 62.3 Å². The molecule has 0 spiro atoms. The number of anilines is 2. The molecule has 0 bridgehead atoms. The molecular formula is C33H39N3O2S. The Kier molecular flexibility index (Phi) is 8.33. The first kappa shape index (κ1) is 26.2. The average molecular weight is 542 g/mol. The number of benzene rings is 3. The number of nitrogens with zero attached hydrogens (tertiary/aromatic N) is 2. The molecule has 39 heavy (non-hydrogen) atoms. The standard InChI is InChI=1S/C33H39N3O2S/c1-25-31(38-23-21-36-18-6-7-19-36)15-14-29(34-30-24-39-32-9-3-2-8-28(30)32)33(25)26-10-12-27(13-11-26)37-22-20-35-16-4-5-17-35/h2-3,8-15,24,34H,4-7,16-23H2,1H3. The lowest BCUT2D eigenvalue weighted by Crippen LogP contribution is -2.25. The van der Waals surface area contributed by atoms with E-state index in [1.165, 1.54) is 67.5 Å². The molecule has 2 fully saturated rings. The molecule has 6 rings (SSSR count). The van der Waals surface area contributed by atoms with Gasteiger partial charge in [-0.25, -0.2) is 0 Å². The summed E-state index contributed by atoms with van der Waals surface area (Å²) in [4.78, 5) is 4.98. The van der Waals surface area contributed by atoms with E-state index in [1.54, 1.807) is 11.3 Å². The first-order valence-corrected chi connectivity index (χ1v) is 15.3. The van der Waals surface area contributed by atoms with Crippen LogP contribution in [0.3, 0.4) is 0 Å². The van der Waals surface area contributed by atoms with E-state index in [-0.39, 0.29) is 0 Å². The Labute approximate surface area is 236 Å². The molecule has 0 amide bonds. The summed E-state index contributed by atoms with van der Waals surface area (Å²) >= 11 is 1.77. The maximum Gasteiger partial charge on any atom is 0.123 e. The SMILES string of the molecule is Cc1c(OCCN2CCCC2)ccc(Nc2csc3ccccc23)c1-c1ccc(OCCN2CCCC2)cc1. The second kappa shape index (κ2) is 12.4. The zero-order chi connectivity index (χ0) is 26.4. The van der Waals surface area contributed by atoms with Gasteiger partial charge in [0.05, 0.1) is 5.69 Å². The van der Waals surface area contributed by atoms with Gasteiger partial charge in [-0.05, 0) is 94.7 Å². The molecule has 0 unspecified atom stereocenters. The van der Waals surface area contributed by atoms with Crippen molar-refractivity contribution >= 4 is 32.8 Å². The smallest absolute Gasteiger partial charge is 0.123 e. The lowest BCUT2D eigenvalue weighted by molar-refractivity contribution is 0.237. The molecule has 0 atom stereocenters. The predicted octanol–water partition coefficient (Wildman–Crippen LogP) is 7.57. The van der Waals surface area contributed by atoms with Crippen LogP contribution in [0.5, 0.6) is 11.5 Å². The van der Waals surface area contributed by atoms with Crippen molar-refractivity contribution in [3.8, 4) is 22.6 Å². The van der Waals surface area contributed by atoms with Crippen molar-refractivity contribution in [1.29, 1.82) is 0 Å². The van der Waals surface area contributed by atoms with Gasteiger partial charge in [-0.2, -0.15) is 0 Å². The fourth-order valence-corrected chi connectivity index (χ4v) is 6.75. The van der Waals surface area contributed by atoms with Crippen LogP contribution in [-0.2, 0) is 0 Å². The first-order valence-electron chi connectivity index (χ1n) is 14.4. The molecule has 2 aliphatic heterocycles. The summed E-state index contributed by atoms with van der Waals surface area (Å²) in [7, 11) is 0. The Morgan fingerprint density at radius 1 is 0.744 bits per heavy atom. The Balaban J connectivity index is 1.23. The van der Waals surface area contributed by atoms with Gasteiger partial charge in [0.2, 0.25) is 0 Å². The fraction of sp³-hybridized carbons (Fsp3) is 0.394. The Morgan fingerprint density at radius 3 is 2.13 bits per heavy atom. The van der Waals surface area contributed by atoms with Crippen LogP contribution in [0.4, 0.5) is 11.4 Å². The topological polar surface area (TPSA) is 37.0 Å². The number of rotatable bonds is 11. The third kappa shape index (κ3) is 6.24.